The van der Waals surface area contributed by atoms with Crippen molar-refractivity contribution in [3.05, 3.63) is 46.8 Å². The Morgan fingerprint density at radius 2 is 1.83 bits per heavy atom. The van der Waals surface area contributed by atoms with Gasteiger partial charge in [0.15, 0.2) is 0 Å². The average Bonchev–Trinajstić information content (AvgIpc) is 3.04. The van der Waals surface area contributed by atoms with Gasteiger partial charge >= 0.3 is 5.97 Å². The molecule has 1 aliphatic carbocycles. The van der Waals surface area contributed by atoms with E-state index in [9.17, 15) is 9.59 Å². The van der Waals surface area contributed by atoms with Crippen molar-refractivity contribution in [2.24, 2.45) is 0 Å². The van der Waals surface area contributed by atoms with Gasteiger partial charge in [-0.1, -0.05) is 49.4 Å². The highest BCUT2D eigenvalue weighted by Gasteiger charge is 2.18. The number of nitrogens with zero attached hydrogens (tertiary/aromatic N) is 1. The first-order valence-electron chi connectivity index (χ1n) is 10.6. The Kier molecular flexibility index (Phi) is 8.37. The van der Waals surface area contributed by atoms with Crippen LogP contribution < -0.4 is 5.32 Å². The number of aromatic nitrogens is 1. The normalized spacial score (nSPS) is 15.3. The van der Waals surface area contributed by atoms with E-state index in [-0.39, 0.29) is 24.3 Å². The first kappa shape index (κ1) is 22.4. The van der Waals surface area contributed by atoms with Gasteiger partial charge in [-0.2, -0.15) is 0 Å². The topological polar surface area (TPSA) is 81.4 Å². The van der Waals surface area contributed by atoms with Gasteiger partial charge < -0.3 is 14.6 Å². The van der Waals surface area contributed by atoms with E-state index >= 15 is 0 Å². The van der Waals surface area contributed by atoms with Crippen molar-refractivity contribution in [1.82, 2.24) is 10.5 Å². The van der Waals surface area contributed by atoms with E-state index < -0.39 is 5.97 Å². The van der Waals surface area contributed by atoms with Crippen molar-refractivity contribution in [1.29, 1.82) is 0 Å². The first-order valence-corrected chi connectivity index (χ1v) is 11.6. The summed E-state index contributed by atoms with van der Waals surface area (Å²) >= 11 is 1.37. The molecule has 0 bridgehead atoms. The van der Waals surface area contributed by atoms with E-state index in [4.69, 9.17) is 9.26 Å². The molecular weight excluding hydrogens is 400 g/mol. The molecule has 7 heteroatoms. The van der Waals surface area contributed by atoms with Gasteiger partial charge in [-0.3, -0.25) is 4.79 Å². The largest absolute Gasteiger partial charge is 0.457 e. The van der Waals surface area contributed by atoms with Crippen LogP contribution in [0.15, 0.2) is 33.7 Å². The molecule has 1 N–H and O–H groups in total. The van der Waals surface area contributed by atoms with Crippen LogP contribution in [0.2, 0.25) is 0 Å². The Bertz CT molecular complexity index is 837. The van der Waals surface area contributed by atoms with Crippen LogP contribution in [0.3, 0.4) is 0 Å². The highest BCUT2D eigenvalue weighted by Crippen LogP contribution is 2.24. The molecule has 30 heavy (non-hydrogen) atoms. The van der Waals surface area contributed by atoms with Crippen LogP contribution in [0.25, 0.3) is 0 Å². The van der Waals surface area contributed by atoms with E-state index in [1.54, 1.807) is 19.1 Å². The van der Waals surface area contributed by atoms with Gasteiger partial charge in [0.25, 0.3) is 0 Å². The fraction of sp³-hybridized carbons (Fsp3) is 0.522. The lowest BCUT2D eigenvalue weighted by molar-refractivity contribution is -0.119. The number of ether oxygens (including phenoxy) is 1. The molecule has 0 aliphatic heterocycles. The summed E-state index contributed by atoms with van der Waals surface area (Å²) in [7, 11) is 0. The SMILES string of the molecule is Cc1noc(C)c1COC(=O)c1ccccc1SCC(=O)NC1CCCCCCC1. The Hall–Kier alpha value is -2.28. The number of nitrogens with one attached hydrogen (secondary N) is 1. The number of hydrogen-bond acceptors (Lipinski definition) is 6. The quantitative estimate of drug-likeness (QED) is 0.493. The van der Waals surface area contributed by atoms with Crippen molar-refractivity contribution >= 4 is 23.6 Å². The molecule has 2 aromatic rings. The molecule has 1 aliphatic rings. The van der Waals surface area contributed by atoms with Crippen molar-refractivity contribution in [2.75, 3.05) is 5.75 Å². The maximum Gasteiger partial charge on any atom is 0.339 e. The van der Waals surface area contributed by atoms with E-state index in [1.807, 2.05) is 19.1 Å². The van der Waals surface area contributed by atoms with Crippen LogP contribution in [0.4, 0.5) is 0 Å². The van der Waals surface area contributed by atoms with Gasteiger partial charge in [0.2, 0.25) is 5.91 Å². The van der Waals surface area contributed by atoms with Crippen molar-refractivity contribution in [2.45, 2.75) is 76.3 Å². The first-order chi connectivity index (χ1) is 14.5. The fourth-order valence-corrected chi connectivity index (χ4v) is 4.55. The van der Waals surface area contributed by atoms with Crippen molar-refractivity contribution in [3.63, 3.8) is 0 Å². The third-order valence-corrected chi connectivity index (χ3v) is 6.54. The molecular formula is C23H30N2O4S. The summed E-state index contributed by atoms with van der Waals surface area (Å²) in [6, 6.07) is 7.50. The maximum absolute atomic E-state index is 12.6. The lowest BCUT2D eigenvalue weighted by atomic mass is 9.97. The molecule has 0 saturated heterocycles. The minimum absolute atomic E-state index is 0.0180. The molecule has 3 rings (SSSR count). The van der Waals surface area contributed by atoms with Gasteiger partial charge in [-0.25, -0.2) is 4.79 Å². The lowest BCUT2D eigenvalue weighted by Gasteiger charge is -2.21. The lowest BCUT2D eigenvalue weighted by Crippen LogP contribution is -2.36. The number of carbonyl (C=O) groups is 2. The molecule has 0 atom stereocenters. The highest BCUT2D eigenvalue weighted by molar-refractivity contribution is 8.00. The maximum atomic E-state index is 12.6. The van der Waals surface area contributed by atoms with E-state index in [2.05, 4.69) is 10.5 Å². The number of aryl methyl sites for hydroxylation is 2. The summed E-state index contributed by atoms with van der Waals surface area (Å²) in [5.74, 6) is 0.529. The second-order valence-corrected chi connectivity index (χ2v) is 8.79. The van der Waals surface area contributed by atoms with Crippen LogP contribution in [-0.2, 0) is 16.1 Å². The number of esters is 1. The number of carbonyl (C=O) groups excluding carboxylic acids is 2. The predicted octanol–water partition coefficient (Wildman–Crippen LogP) is 4.97. The predicted molar refractivity (Wildman–Crippen MR) is 117 cm³/mol. The Labute approximate surface area is 182 Å². The number of hydrogen-bond donors (Lipinski definition) is 1. The second kappa shape index (κ2) is 11.2. The number of rotatable bonds is 7. The van der Waals surface area contributed by atoms with E-state index in [0.29, 0.717) is 17.0 Å². The van der Waals surface area contributed by atoms with Gasteiger partial charge in [-0.15, -0.1) is 11.8 Å². The fourth-order valence-electron chi connectivity index (χ4n) is 3.70. The van der Waals surface area contributed by atoms with Crippen LogP contribution in [0.1, 0.15) is 72.3 Å². The van der Waals surface area contributed by atoms with Gasteiger partial charge in [0.05, 0.1) is 22.6 Å². The van der Waals surface area contributed by atoms with Crippen LogP contribution >= 0.6 is 11.8 Å². The highest BCUT2D eigenvalue weighted by atomic mass is 32.2. The molecule has 1 heterocycles. The van der Waals surface area contributed by atoms with Gasteiger partial charge in [0.1, 0.15) is 12.4 Å². The average molecular weight is 431 g/mol. The molecule has 0 radical (unpaired) electrons. The number of amides is 1. The van der Waals surface area contributed by atoms with Crippen LogP contribution in [0.5, 0.6) is 0 Å². The zero-order valence-corrected chi connectivity index (χ0v) is 18.6. The molecule has 1 aromatic heterocycles. The molecule has 1 amide bonds. The third kappa shape index (κ3) is 6.36. The summed E-state index contributed by atoms with van der Waals surface area (Å²) in [5, 5.41) is 7.05. The number of thioether (sulfide) groups is 1. The summed E-state index contributed by atoms with van der Waals surface area (Å²) in [4.78, 5) is 25.8. The minimum atomic E-state index is -0.418. The zero-order chi connectivity index (χ0) is 21.3. The van der Waals surface area contributed by atoms with Crippen LogP contribution in [0, 0.1) is 13.8 Å². The van der Waals surface area contributed by atoms with E-state index in [0.717, 1.165) is 23.3 Å². The molecule has 162 valence electrons. The molecule has 1 saturated carbocycles. The Morgan fingerprint density at radius 1 is 1.13 bits per heavy atom. The molecule has 6 nitrogen and oxygen atoms in total. The standard InChI is InChI=1S/C23H30N2O4S/c1-16-20(17(2)29-25-16)14-28-23(27)19-12-8-9-13-21(19)30-15-22(26)24-18-10-6-4-3-5-7-11-18/h8-9,12-13,18H,3-7,10-11,14-15H2,1-2H3,(H,24,26). The summed E-state index contributed by atoms with van der Waals surface area (Å²) in [6.45, 7) is 3.72. The number of benzene rings is 1. The molecule has 0 unspecified atom stereocenters. The van der Waals surface area contributed by atoms with Gasteiger partial charge in [-0.05, 0) is 38.8 Å². The smallest absolute Gasteiger partial charge is 0.339 e. The minimum Gasteiger partial charge on any atom is -0.457 e. The van der Waals surface area contributed by atoms with Crippen LogP contribution in [-0.4, -0.2) is 28.8 Å². The van der Waals surface area contributed by atoms with Crippen molar-refractivity contribution < 1.29 is 18.8 Å². The molecule has 1 fully saturated rings. The Morgan fingerprint density at radius 3 is 2.53 bits per heavy atom. The van der Waals surface area contributed by atoms with E-state index in [1.165, 1.54) is 43.9 Å². The summed E-state index contributed by atoms with van der Waals surface area (Å²) in [5.41, 5.74) is 1.97. The Balaban J connectivity index is 1.54. The van der Waals surface area contributed by atoms with Gasteiger partial charge in [0, 0.05) is 10.9 Å². The summed E-state index contributed by atoms with van der Waals surface area (Å²) < 4.78 is 10.6. The second-order valence-electron chi connectivity index (χ2n) is 7.77. The molecule has 1 aromatic carbocycles. The summed E-state index contributed by atoms with van der Waals surface area (Å²) in [6.07, 6.45) is 8.28. The third-order valence-electron chi connectivity index (χ3n) is 5.46. The molecule has 0 spiro atoms. The zero-order valence-electron chi connectivity index (χ0n) is 17.7. The van der Waals surface area contributed by atoms with Crippen molar-refractivity contribution in [3.8, 4) is 0 Å². The monoisotopic (exact) mass is 430 g/mol.